The minimum atomic E-state index is -3.72. The van der Waals surface area contributed by atoms with Gasteiger partial charge in [0.15, 0.2) is 5.82 Å². The van der Waals surface area contributed by atoms with Gasteiger partial charge in [-0.15, -0.1) is 10.2 Å². The van der Waals surface area contributed by atoms with Crippen LogP contribution >= 0.6 is 0 Å². The van der Waals surface area contributed by atoms with E-state index >= 15 is 0 Å². The third kappa shape index (κ3) is 3.58. The van der Waals surface area contributed by atoms with Crippen molar-refractivity contribution in [3.05, 3.63) is 29.8 Å². The number of pyridine rings is 1. The highest BCUT2D eigenvalue weighted by atomic mass is 32.2. The van der Waals surface area contributed by atoms with E-state index < -0.39 is 10.0 Å². The molecule has 0 bridgehead atoms. The molecule has 0 aliphatic heterocycles. The van der Waals surface area contributed by atoms with E-state index in [0.29, 0.717) is 5.56 Å². The highest BCUT2D eigenvalue weighted by molar-refractivity contribution is 7.89. The van der Waals surface area contributed by atoms with E-state index in [1.807, 2.05) is 0 Å². The van der Waals surface area contributed by atoms with E-state index in [1.54, 1.807) is 0 Å². The predicted molar refractivity (Wildman–Crippen MR) is 68.4 cm³/mol. The molecule has 0 fully saturated rings. The summed E-state index contributed by atoms with van der Waals surface area (Å²) in [4.78, 5) is 3.84. The SMILES string of the molecule is NCC#Cc1cncc(S(=O)(=O)NCc2nn[nH]n2)c1. The molecule has 0 unspecified atom stereocenters. The minimum absolute atomic E-state index is 0.00446. The molecule has 0 saturated carbocycles. The fraction of sp³-hybridized carbons (Fsp3) is 0.200. The molecule has 0 amide bonds. The van der Waals surface area contributed by atoms with Crippen molar-refractivity contribution in [2.75, 3.05) is 6.54 Å². The molecule has 0 spiro atoms. The molecule has 10 heteroatoms. The Morgan fingerprint density at radius 3 is 2.95 bits per heavy atom. The highest BCUT2D eigenvalue weighted by Gasteiger charge is 2.15. The first-order valence-electron chi connectivity index (χ1n) is 5.48. The molecule has 9 nitrogen and oxygen atoms in total. The summed E-state index contributed by atoms with van der Waals surface area (Å²) in [6.45, 7) is 0.116. The number of sulfonamides is 1. The van der Waals surface area contributed by atoms with Crippen molar-refractivity contribution in [1.82, 2.24) is 30.3 Å². The second-order valence-electron chi connectivity index (χ2n) is 3.57. The Labute approximate surface area is 115 Å². The average Bonchev–Trinajstić information content (AvgIpc) is 2.97. The van der Waals surface area contributed by atoms with Crippen molar-refractivity contribution >= 4 is 10.0 Å². The smallest absolute Gasteiger partial charge is 0.242 e. The molecule has 2 aromatic rings. The fourth-order valence-corrected chi connectivity index (χ4v) is 2.26. The lowest BCUT2D eigenvalue weighted by Crippen LogP contribution is -2.24. The summed E-state index contributed by atoms with van der Waals surface area (Å²) in [5.41, 5.74) is 5.72. The zero-order chi connectivity index (χ0) is 14.4. The quantitative estimate of drug-likeness (QED) is 0.576. The Morgan fingerprint density at radius 2 is 2.25 bits per heavy atom. The average molecular weight is 293 g/mol. The summed E-state index contributed by atoms with van der Waals surface area (Å²) in [5, 5.41) is 12.9. The second-order valence-corrected chi connectivity index (χ2v) is 5.33. The molecular weight excluding hydrogens is 282 g/mol. The molecule has 2 heterocycles. The van der Waals surface area contributed by atoms with Gasteiger partial charge < -0.3 is 5.73 Å². The van der Waals surface area contributed by atoms with Crippen LogP contribution in [-0.4, -0.2) is 40.6 Å². The second kappa shape index (κ2) is 6.20. The van der Waals surface area contributed by atoms with Crippen LogP contribution in [0.1, 0.15) is 11.4 Å². The maximum atomic E-state index is 12.0. The van der Waals surface area contributed by atoms with E-state index in [-0.39, 0.29) is 23.8 Å². The summed E-state index contributed by atoms with van der Waals surface area (Å²) in [7, 11) is -3.72. The number of nitrogens with two attached hydrogens (primary N) is 1. The van der Waals surface area contributed by atoms with Gasteiger partial charge in [-0.1, -0.05) is 17.1 Å². The molecule has 104 valence electrons. The fourth-order valence-electron chi connectivity index (χ4n) is 1.29. The number of hydrogen-bond donors (Lipinski definition) is 3. The zero-order valence-electron chi connectivity index (χ0n) is 10.2. The number of aromatic nitrogens is 5. The topological polar surface area (TPSA) is 140 Å². The Hall–Kier alpha value is -2.35. The lowest BCUT2D eigenvalue weighted by molar-refractivity contribution is 0.579. The lowest BCUT2D eigenvalue weighted by atomic mass is 10.3. The van der Waals surface area contributed by atoms with E-state index in [0.717, 1.165) is 0 Å². The van der Waals surface area contributed by atoms with Crippen LogP contribution in [0.5, 0.6) is 0 Å². The number of nitrogens with zero attached hydrogens (tertiary/aromatic N) is 4. The Morgan fingerprint density at radius 1 is 1.40 bits per heavy atom. The van der Waals surface area contributed by atoms with Crippen molar-refractivity contribution in [3.8, 4) is 11.8 Å². The highest BCUT2D eigenvalue weighted by Crippen LogP contribution is 2.09. The number of aromatic amines is 1. The number of H-pyrrole nitrogens is 1. The van der Waals surface area contributed by atoms with Crippen LogP contribution in [0.15, 0.2) is 23.4 Å². The Bertz CT molecular complexity index is 730. The predicted octanol–water partition coefficient (Wildman–Crippen LogP) is -1.62. The molecule has 2 rings (SSSR count). The first kappa shape index (κ1) is 14.1. The zero-order valence-corrected chi connectivity index (χ0v) is 11.1. The van der Waals surface area contributed by atoms with Gasteiger partial charge in [-0.25, -0.2) is 13.1 Å². The van der Waals surface area contributed by atoms with Crippen LogP contribution in [0.2, 0.25) is 0 Å². The molecule has 0 atom stereocenters. The molecule has 4 N–H and O–H groups in total. The first-order chi connectivity index (χ1) is 9.62. The molecule has 20 heavy (non-hydrogen) atoms. The molecule has 0 aromatic carbocycles. The Kier molecular flexibility index (Phi) is 4.36. The van der Waals surface area contributed by atoms with Gasteiger partial charge in [-0.2, -0.15) is 5.21 Å². The lowest BCUT2D eigenvalue weighted by Gasteiger charge is -2.04. The standard InChI is InChI=1S/C10H11N7O2S/c11-3-1-2-8-4-9(6-12-5-8)20(18,19)13-7-10-14-16-17-15-10/h4-6,13H,3,7,11H2,(H,14,15,16,17). The van der Waals surface area contributed by atoms with E-state index in [1.165, 1.54) is 18.5 Å². The molecule has 0 aliphatic carbocycles. The van der Waals surface area contributed by atoms with Crippen molar-refractivity contribution < 1.29 is 8.42 Å². The normalized spacial score (nSPS) is 10.8. The van der Waals surface area contributed by atoms with Gasteiger partial charge in [0.25, 0.3) is 0 Å². The third-order valence-electron chi connectivity index (χ3n) is 2.17. The summed E-state index contributed by atoms with van der Waals surface area (Å²) >= 11 is 0. The number of hydrogen-bond acceptors (Lipinski definition) is 7. The van der Waals surface area contributed by atoms with Gasteiger partial charge in [0.1, 0.15) is 4.90 Å². The number of tetrazole rings is 1. The maximum Gasteiger partial charge on any atom is 0.242 e. The van der Waals surface area contributed by atoms with Gasteiger partial charge in [0.05, 0.1) is 13.1 Å². The van der Waals surface area contributed by atoms with E-state index in [9.17, 15) is 8.42 Å². The first-order valence-corrected chi connectivity index (χ1v) is 6.96. The summed E-state index contributed by atoms with van der Waals surface area (Å²) < 4.78 is 26.4. The monoisotopic (exact) mass is 293 g/mol. The third-order valence-corrected chi connectivity index (χ3v) is 3.54. The minimum Gasteiger partial charge on any atom is -0.320 e. The molecule has 0 aliphatic rings. The molecule has 0 radical (unpaired) electrons. The van der Waals surface area contributed by atoms with Crippen LogP contribution in [-0.2, 0) is 16.6 Å². The van der Waals surface area contributed by atoms with Crippen molar-refractivity contribution in [2.45, 2.75) is 11.4 Å². The van der Waals surface area contributed by atoms with E-state index in [2.05, 4.69) is 42.2 Å². The van der Waals surface area contributed by atoms with Crippen molar-refractivity contribution in [3.63, 3.8) is 0 Å². The molecule has 0 saturated heterocycles. The molecular formula is C10H11N7O2S. The van der Waals surface area contributed by atoms with Crippen molar-refractivity contribution in [2.24, 2.45) is 5.73 Å². The van der Waals surface area contributed by atoms with Crippen LogP contribution in [0.4, 0.5) is 0 Å². The maximum absolute atomic E-state index is 12.0. The van der Waals surface area contributed by atoms with E-state index in [4.69, 9.17) is 5.73 Å². The summed E-state index contributed by atoms with van der Waals surface area (Å²) in [6.07, 6.45) is 2.69. The number of rotatable bonds is 4. The summed E-state index contributed by atoms with van der Waals surface area (Å²) in [5.74, 6) is 5.58. The van der Waals surface area contributed by atoms with Crippen molar-refractivity contribution in [1.29, 1.82) is 0 Å². The molecule has 2 aromatic heterocycles. The van der Waals surface area contributed by atoms with Crippen LogP contribution in [0, 0.1) is 11.8 Å². The van der Waals surface area contributed by atoms with Gasteiger partial charge >= 0.3 is 0 Å². The van der Waals surface area contributed by atoms with Crippen LogP contribution < -0.4 is 10.5 Å². The van der Waals surface area contributed by atoms with Crippen LogP contribution in [0.25, 0.3) is 0 Å². The van der Waals surface area contributed by atoms with Gasteiger partial charge in [0, 0.05) is 18.0 Å². The van der Waals surface area contributed by atoms with Crippen LogP contribution in [0.3, 0.4) is 0 Å². The number of nitrogens with one attached hydrogen (secondary N) is 2. The van der Waals surface area contributed by atoms with Gasteiger partial charge in [-0.05, 0) is 6.07 Å². The van der Waals surface area contributed by atoms with Gasteiger partial charge in [-0.3, -0.25) is 4.98 Å². The van der Waals surface area contributed by atoms with Gasteiger partial charge in [0.2, 0.25) is 10.0 Å². The Balaban J connectivity index is 2.16. The summed E-state index contributed by atoms with van der Waals surface area (Å²) in [6, 6.07) is 1.41. The largest absolute Gasteiger partial charge is 0.320 e.